The number of allylic oxidation sites excluding steroid dienone is 2. The van der Waals surface area contributed by atoms with E-state index in [1.54, 1.807) is 5.57 Å². The summed E-state index contributed by atoms with van der Waals surface area (Å²) in [6.07, 6.45) is 8.36. The van der Waals surface area contributed by atoms with E-state index >= 15 is 0 Å². The van der Waals surface area contributed by atoms with Crippen molar-refractivity contribution in [3.8, 4) is 0 Å². The average Bonchev–Trinajstić information content (AvgIpc) is 2.34. The molecule has 0 saturated carbocycles. The van der Waals surface area contributed by atoms with Gasteiger partial charge in [-0.05, 0) is 50.6 Å². The van der Waals surface area contributed by atoms with Crippen LogP contribution in [0.5, 0.6) is 0 Å². The van der Waals surface area contributed by atoms with Gasteiger partial charge in [-0.2, -0.15) is 0 Å². The Kier molecular flexibility index (Phi) is 5.82. The van der Waals surface area contributed by atoms with Crippen LogP contribution >= 0.6 is 0 Å². The predicted octanol–water partition coefficient (Wildman–Crippen LogP) is 4.00. The van der Waals surface area contributed by atoms with Crippen LogP contribution in [0.25, 0.3) is 0 Å². The Hall–Kier alpha value is -0.600. The summed E-state index contributed by atoms with van der Waals surface area (Å²) < 4.78 is 0. The van der Waals surface area contributed by atoms with Gasteiger partial charge in [0.05, 0.1) is 0 Å². The van der Waals surface area contributed by atoms with Crippen molar-refractivity contribution >= 4 is 0 Å². The van der Waals surface area contributed by atoms with Crippen LogP contribution in [0.2, 0.25) is 0 Å². The van der Waals surface area contributed by atoms with Crippen molar-refractivity contribution < 1.29 is 0 Å². The van der Waals surface area contributed by atoms with Gasteiger partial charge in [0.15, 0.2) is 0 Å². The fraction of sp³-hybridized carbons (Fsp3) is 0.765. The molecular weight excluding hydrogens is 232 g/mol. The van der Waals surface area contributed by atoms with E-state index in [-0.39, 0.29) is 11.0 Å². The molecule has 2 N–H and O–H groups in total. The quantitative estimate of drug-likeness (QED) is 0.559. The molecule has 1 rings (SSSR count). The van der Waals surface area contributed by atoms with E-state index in [4.69, 9.17) is 0 Å². The zero-order valence-corrected chi connectivity index (χ0v) is 13.7. The zero-order chi connectivity index (χ0) is 14.5. The normalized spacial score (nSPS) is 17.2. The smallest absolute Gasteiger partial charge is 0.0461 e. The first kappa shape index (κ1) is 16.5. The van der Waals surface area contributed by atoms with E-state index in [9.17, 15) is 0 Å². The Balaban J connectivity index is 2.67. The highest BCUT2D eigenvalue weighted by atomic mass is 15.1. The van der Waals surface area contributed by atoms with Crippen LogP contribution in [-0.2, 0) is 0 Å². The second-order valence-electron chi connectivity index (χ2n) is 7.10. The van der Waals surface area contributed by atoms with Crippen molar-refractivity contribution in [3.63, 3.8) is 0 Å². The molecule has 0 aromatic carbocycles. The van der Waals surface area contributed by atoms with E-state index in [1.807, 2.05) is 0 Å². The highest BCUT2D eigenvalue weighted by Gasteiger charge is 2.26. The van der Waals surface area contributed by atoms with Crippen LogP contribution in [0.15, 0.2) is 23.3 Å². The first-order valence-corrected chi connectivity index (χ1v) is 7.65. The zero-order valence-electron chi connectivity index (χ0n) is 13.7. The SMILES string of the molecule is CCCNCNC(C)(C)C1=CCCC(C(C)(C)C)=C1. The van der Waals surface area contributed by atoms with Crippen molar-refractivity contribution in [2.75, 3.05) is 13.2 Å². The van der Waals surface area contributed by atoms with Crippen LogP contribution in [0.4, 0.5) is 0 Å². The van der Waals surface area contributed by atoms with Gasteiger partial charge in [0.1, 0.15) is 0 Å². The van der Waals surface area contributed by atoms with E-state index in [0.717, 1.165) is 13.2 Å². The van der Waals surface area contributed by atoms with Crippen LogP contribution < -0.4 is 10.6 Å². The Bertz CT molecular complexity index is 343. The second kappa shape index (κ2) is 6.71. The monoisotopic (exact) mass is 264 g/mol. The van der Waals surface area contributed by atoms with Gasteiger partial charge in [0.2, 0.25) is 0 Å². The molecule has 0 unspecified atom stereocenters. The molecule has 0 radical (unpaired) electrons. The van der Waals surface area contributed by atoms with Crippen molar-refractivity contribution in [2.45, 2.75) is 66.3 Å². The summed E-state index contributed by atoms with van der Waals surface area (Å²) >= 11 is 0. The van der Waals surface area contributed by atoms with Crippen LogP contribution in [0.1, 0.15) is 60.8 Å². The second-order valence-corrected chi connectivity index (χ2v) is 7.10. The van der Waals surface area contributed by atoms with Gasteiger partial charge >= 0.3 is 0 Å². The van der Waals surface area contributed by atoms with Gasteiger partial charge in [-0.15, -0.1) is 0 Å². The predicted molar refractivity (Wildman–Crippen MR) is 85.2 cm³/mol. The number of nitrogens with one attached hydrogen (secondary N) is 2. The molecule has 0 saturated heterocycles. The van der Waals surface area contributed by atoms with Crippen molar-refractivity contribution in [1.82, 2.24) is 10.6 Å². The van der Waals surface area contributed by atoms with Crippen LogP contribution in [0, 0.1) is 5.41 Å². The summed E-state index contributed by atoms with van der Waals surface area (Å²) in [6.45, 7) is 15.6. The van der Waals surface area contributed by atoms with Gasteiger partial charge in [-0.25, -0.2) is 0 Å². The maximum Gasteiger partial charge on any atom is 0.0461 e. The molecule has 0 bridgehead atoms. The van der Waals surface area contributed by atoms with Crippen molar-refractivity contribution in [3.05, 3.63) is 23.3 Å². The molecule has 0 spiro atoms. The molecule has 1 aliphatic rings. The molecule has 110 valence electrons. The summed E-state index contributed by atoms with van der Waals surface area (Å²) in [5, 5.41) is 7.02. The Morgan fingerprint density at radius 1 is 1.16 bits per heavy atom. The Morgan fingerprint density at radius 3 is 2.42 bits per heavy atom. The van der Waals surface area contributed by atoms with Crippen LogP contribution in [-0.4, -0.2) is 18.8 Å². The third kappa shape index (κ3) is 5.12. The van der Waals surface area contributed by atoms with Gasteiger partial charge in [-0.1, -0.05) is 45.4 Å². The van der Waals surface area contributed by atoms with E-state index in [1.165, 1.54) is 24.8 Å². The first-order chi connectivity index (χ1) is 8.77. The largest absolute Gasteiger partial charge is 0.304 e. The van der Waals surface area contributed by atoms with Gasteiger partial charge < -0.3 is 5.32 Å². The fourth-order valence-corrected chi connectivity index (χ4v) is 2.38. The highest BCUT2D eigenvalue weighted by Crippen LogP contribution is 2.35. The number of hydrogen-bond donors (Lipinski definition) is 2. The van der Waals surface area contributed by atoms with Crippen LogP contribution in [0.3, 0.4) is 0 Å². The average molecular weight is 264 g/mol. The Morgan fingerprint density at radius 2 is 1.84 bits per heavy atom. The third-order valence-electron chi connectivity index (χ3n) is 3.87. The molecule has 0 aromatic heterocycles. The lowest BCUT2D eigenvalue weighted by Gasteiger charge is -2.33. The summed E-state index contributed by atoms with van der Waals surface area (Å²) in [4.78, 5) is 0. The molecule has 0 fully saturated rings. The minimum Gasteiger partial charge on any atom is -0.304 e. The molecule has 2 heteroatoms. The summed E-state index contributed by atoms with van der Waals surface area (Å²) in [7, 11) is 0. The highest BCUT2D eigenvalue weighted by molar-refractivity contribution is 5.37. The molecule has 2 nitrogen and oxygen atoms in total. The lowest BCUT2D eigenvalue weighted by molar-refractivity contribution is 0.422. The molecule has 1 aliphatic carbocycles. The summed E-state index contributed by atoms with van der Waals surface area (Å²) in [6, 6.07) is 0. The van der Waals surface area contributed by atoms with Crippen molar-refractivity contribution in [1.29, 1.82) is 0 Å². The Labute approximate surface area is 119 Å². The van der Waals surface area contributed by atoms with Gasteiger partial charge in [-0.3, -0.25) is 5.32 Å². The van der Waals surface area contributed by atoms with Gasteiger partial charge in [0, 0.05) is 12.2 Å². The molecule has 0 amide bonds. The topological polar surface area (TPSA) is 24.1 Å². The molecule has 0 heterocycles. The minimum absolute atomic E-state index is 0.0393. The van der Waals surface area contributed by atoms with E-state index < -0.39 is 0 Å². The lowest BCUT2D eigenvalue weighted by atomic mass is 9.77. The minimum atomic E-state index is 0.0393. The standard InChI is InChI=1S/C17H32N2/c1-7-11-18-13-19-17(5,6)15-10-8-9-14(12-15)16(2,3)4/h10,12,18-19H,7-9,11,13H2,1-6H3. The van der Waals surface area contributed by atoms with Crippen molar-refractivity contribution in [2.24, 2.45) is 5.41 Å². The molecule has 0 atom stereocenters. The lowest BCUT2D eigenvalue weighted by Crippen LogP contribution is -2.46. The molecular formula is C17H32N2. The third-order valence-corrected chi connectivity index (χ3v) is 3.87. The fourth-order valence-electron chi connectivity index (χ4n) is 2.38. The molecule has 19 heavy (non-hydrogen) atoms. The summed E-state index contributed by atoms with van der Waals surface area (Å²) in [5.74, 6) is 0. The number of rotatable bonds is 6. The number of hydrogen-bond acceptors (Lipinski definition) is 2. The molecule has 0 aromatic rings. The van der Waals surface area contributed by atoms with E-state index in [2.05, 4.69) is 64.3 Å². The summed E-state index contributed by atoms with van der Waals surface area (Å²) in [5.41, 5.74) is 3.33. The maximum absolute atomic E-state index is 3.61. The first-order valence-electron chi connectivity index (χ1n) is 7.65. The molecule has 0 aliphatic heterocycles. The maximum atomic E-state index is 3.61. The van der Waals surface area contributed by atoms with E-state index in [0.29, 0.717) is 0 Å². The van der Waals surface area contributed by atoms with Gasteiger partial charge in [0.25, 0.3) is 0 Å².